The van der Waals surface area contributed by atoms with Crippen molar-refractivity contribution in [2.75, 3.05) is 24.5 Å². The lowest BCUT2D eigenvalue weighted by molar-refractivity contribution is -0.126. The maximum Gasteiger partial charge on any atom is 0.251 e. The summed E-state index contributed by atoms with van der Waals surface area (Å²) in [5.41, 5.74) is 1.52. The molecule has 1 saturated heterocycles. The fourth-order valence-corrected chi connectivity index (χ4v) is 4.96. The molecule has 2 bridgehead atoms. The standard InChI is InChI=1S/C22H25N7O2/c1-3-23-22(31)20-15-11-14(17-5-4-6-19(30)29(17)20)12-28(13-15)18-8-7-16(25-26-18)21-24-9-10-27(21)2/h4-10,14-15,20H,3,11-13H2,1-2H3,(H,23,31)/t14-,15+,20-/m1/s1. The van der Waals surface area contributed by atoms with Crippen LogP contribution >= 0.6 is 0 Å². The van der Waals surface area contributed by atoms with Crippen LogP contribution in [-0.4, -0.2) is 49.9 Å². The Labute approximate surface area is 179 Å². The first-order chi connectivity index (χ1) is 15.1. The smallest absolute Gasteiger partial charge is 0.251 e. The van der Waals surface area contributed by atoms with Crippen molar-refractivity contribution in [3.63, 3.8) is 0 Å². The SMILES string of the molecule is CCNC(=O)[C@H]1[C@H]2C[C@H](CN(c3ccc(-c4nccn4C)nn3)C2)c2cccc(=O)n21. The summed E-state index contributed by atoms with van der Waals surface area (Å²) >= 11 is 0. The van der Waals surface area contributed by atoms with Gasteiger partial charge in [-0.15, -0.1) is 10.2 Å². The van der Waals surface area contributed by atoms with Crippen LogP contribution in [-0.2, 0) is 11.8 Å². The van der Waals surface area contributed by atoms with Crippen molar-refractivity contribution in [2.45, 2.75) is 25.3 Å². The van der Waals surface area contributed by atoms with E-state index in [-0.39, 0.29) is 23.3 Å². The number of carbonyl (C=O) groups is 1. The van der Waals surface area contributed by atoms with E-state index in [1.54, 1.807) is 16.8 Å². The highest BCUT2D eigenvalue weighted by atomic mass is 16.2. The molecule has 3 aromatic rings. The number of hydrogen-bond acceptors (Lipinski definition) is 6. The monoisotopic (exact) mass is 419 g/mol. The maximum atomic E-state index is 12.9. The van der Waals surface area contributed by atoms with Gasteiger partial charge < -0.3 is 14.8 Å². The molecule has 1 amide bonds. The second-order valence-corrected chi connectivity index (χ2v) is 8.23. The fraction of sp³-hybridized carbons (Fsp3) is 0.409. The molecule has 1 fully saturated rings. The molecule has 0 unspecified atom stereocenters. The minimum absolute atomic E-state index is 0.0221. The van der Waals surface area contributed by atoms with Crippen molar-refractivity contribution in [3.05, 3.63) is 58.8 Å². The first-order valence-electron chi connectivity index (χ1n) is 10.6. The number of aryl methyl sites for hydroxylation is 1. The fourth-order valence-electron chi connectivity index (χ4n) is 4.96. The number of likely N-dealkylation sites (N-methyl/N-ethyl adjacent to an activating group) is 1. The van der Waals surface area contributed by atoms with Crippen molar-refractivity contribution in [1.29, 1.82) is 0 Å². The summed E-state index contributed by atoms with van der Waals surface area (Å²) in [5, 5.41) is 11.8. The molecule has 0 saturated carbocycles. The van der Waals surface area contributed by atoms with Crippen LogP contribution in [0.4, 0.5) is 5.82 Å². The summed E-state index contributed by atoms with van der Waals surface area (Å²) in [5.74, 6) is 1.62. The molecule has 9 nitrogen and oxygen atoms in total. The van der Waals surface area contributed by atoms with Gasteiger partial charge in [0.2, 0.25) is 5.91 Å². The van der Waals surface area contributed by atoms with Crippen LogP contribution in [0.25, 0.3) is 11.5 Å². The minimum Gasteiger partial charge on any atom is -0.355 e. The van der Waals surface area contributed by atoms with Crippen molar-refractivity contribution in [3.8, 4) is 11.5 Å². The number of rotatable bonds is 4. The van der Waals surface area contributed by atoms with Gasteiger partial charge in [-0.2, -0.15) is 0 Å². The third-order valence-corrected chi connectivity index (χ3v) is 6.29. The quantitative estimate of drug-likeness (QED) is 0.685. The van der Waals surface area contributed by atoms with E-state index in [0.717, 1.165) is 30.3 Å². The van der Waals surface area contributed by atoms with E-state index in [1.807, 2.05) is 42.9 Å². The zero-order chi connectivity index (χ0) is 21.5. The number of anilines is 1. The van der Waals surface area contributed by atoms with Gasteiger partial charge in [0.25, 0.3) is 5.56 Å². The lowest BCUT2D eigenvalue weighted by atomic mass is 9.78. The molecule has 2 aliphatic heterocycles. The van der Waals surface area contributed by atoms with Crippen LogP contribution in [0.1, 0.15) is 31.0 Å². The molecular weight excluding hydrogens is 394 g/mol. The van der Waals surface area contributed by atoms with Crippen LogP contribution in [0.15, 0.2) is 47.5 Å². The summed E-state index contributed by atoms with van der Waals surface area (Å²) in [6, 6.07) is 8.66. The number of piperidine rings is 1. The lowest BCUT2D eigenvalue weighted by Crippen LogP contribution is -2.53. The second kappa shape index (κ2) is 7.64. The van der Waals surface area contributed by atoms with Crippen molar-refractivity contribution < 1.29 is 4.79 Å². The summed E-state index contributed by atoms with van der Waals surface area (Å²) in [6.07, 6.45) is 4.48. The Hall–Kier alpha value is -3.49. The van der Waals surface area contributed by atoms with Gasteiger partial charge in [-0.1, -0.05) is 6.07 Å². The van der Waals surface area contributed by atoms with Gasteiger partial charge in [0.1, 0.15) is 11.7 Å². The minimum atomic E-state index is -0.512. The number of aromatic nitrogens is 5. The van der Waals surface area contributed by atoms with Crippen molar-refractivity contribution in [2.24, 2.45) is 13.0 Å². The average Bonchev–Trinajstić information content (AvgIpc) is 3.20. The van der Waals surface area contributed by atoms with Gasteiger partial charge in [-0.25, -0.2) is 4.98 Å². The van der Waals surface area contributed by atoms with Gasteiger partial charge in [0.15, 0.2) is 11.6 Å². The van der Waals surface area contributed by atoms with Crippen LogP contribution in [0, 0.1) is 5.92 Å². The highest BCUT2D eigenvalue weighted by Crippen LogP contribution is 2.42. The topological polar surface area (TPSA) is 97.9 Å². The van der Waals surface area contributed by atoms with E-state index in [9.17, 15) is 9.59 Å². The normalized spacial score (nSPS) is 22.1. The van der Waals surface area contributed by atoms with E-state index in [0.29, 0.717) is 18.8 Å². The molecule has 160 valence electrons. The van der Waals surface area contributed by atoms with Gasteiger partial charge in [-0.3, -0.25) is 14.2 Å². The molecule has 5 heterocycles. The Kier molecular flexibility index (Phi) is 4.80. The summed E-state index contributed by atoms with van der Waals surface area (Å²) in [6.45, 7) is 3.81. The van der Waals surface area contributed by atoms with Gasteiger partial charge in [0.05, 0.1) is 0 Å². The van der Waals surface area contributed by atoms with E-state index in [1.165, 1.54) is 6.07 Å². The summed E-state index contributed by atoms with van der Waals surface area (Å²) < 4.78 is 3.61. The van der Waals surface area contributed by atoms with E-state index in [2.05, 4.69) is 25.4 Å². The molecule has 3 aromatic heterocycles. The summed E-state index contributed by atoms with van der Waals surface area (Å²) in [4.78, 5) is 32.1. The molecule has 0 aliphatic carbocycles. The molecule has 0 spiro atoms. The number of hydrogen-bond donors (Lipinski definition) is 1. The number of pyridine rings is 1. The van der Waals surface area contributed by atoms with Crippen molar-refractivity contribution in [1.82, 2.24) is 29.6 Å². The van der Waals surface area contributed by atoms with Gasteiger partial charge >= 0.3 is 0 Å². The molecule has 9 heteroatoms. The molecule has 3 atom stereocenters. The number of nitrogens with one attached hydrogen (secondary N) is 1. The first kappa shape index (κ1) is 19.5. The molecule has 1 N–H and O–H groups in total. The Morgan fingerprint density at radius 1 is 1.19 bits per heavy atom. The third kappa shape index (κ3) is 3.30. The highest BCUT2D eigenvalue weighted by Gasteiger charge is 2.43. The molecule has 0 radical (unpaired) electrons. The van der Waals surface area contributed by atoms with E-state index in [4.69, 9.17) is 0 Å². The molecule has 5 rings (SSSR count). The number of fused-ring (bicyclic) bond motifs is 4. The summed E-state index contributed by atoms with van der Waals surface area (Å²) in [7, 11) is 1.92. The van der Waals surface area contributed by atoms with Gasteiger partial charge in [-0.05, 0) is 31.5 Å². The largest absolute Gasteiger partial charge is 0.355 e. The first-order valence-corrected chi connectivity index (χ1v) is 10.6. The third-order valence-electron chi connectivity index (χ3n) is 6.29. The number of amides is 1. The zero-order valence-corrected chi connectivity index (χ0v) is 17.6. The van der Waals surface area contributed by atoms with Crippen LogP contribution in [0.3, 0.4) is 0 Å². The molecular formula is C22H25N7O2. The lowest BCUT2D eigenvalue weighted by Gasteiger charge is -2.46. The number of carbonyl (C=O) groups excluding carboxylic acids is 1. The molecule has 0 aromatic carbocycles. The Bertz CT molecular complexity index is 1170. The van der Waals surface area contributed by atoms with E-state index >= 15 is 0 Å². The Balaban J connectivity index is 1.48. The second-order valence-electron chi connectivity index (χ2n) is 8.23. The van der Waals surface area contributed by atoms with Crippen LogP contribution in [0.5, 0.6) is 0 Å². The number of imidazole rings is 1. The maximum absolute atomic E-state index is 12.9. The van der Waals surface area contributed by atoms with Crippen LogP contribution < -0.4 is 15.8 Å². The van der Waals surface area contributed by atoms with Crippen molar-refractivity contribution >= 4 is 11.7 Å². The average molecular weight is 419 g/mol. The predicted molar refractivity (Wildman–Crippen MR) is 116 cm³/mol. The Morgan fingerprint density at radius 3 is 2.77 bits per heavy atom. The number of nitrogens with zero attached hydrogens (tertiary/aromatic N) is 6. The highest BCUT2D eigenvalue weighted by molar-refractivity contribution is 5.81. The van der Waals surface area contributed by atoms with Gasteiger partial charge in [0, 0.05) is 62.7 Å². The molecule has 31 heavy (non-hydrogen) atoms. The Morgan fingerprint density at radius 2 is 2.06 bits per heavy atom. The molecule has 2 aliphatic rings. The predicted octanol–water partition coefficient (Wildman–Crippen LogP) is 1.34. The van der Waals surface area contributed by atoms with Crippen LogP contribution in [0.2, 0.25) is 0 Å². The van der Waals surface area contributed by atoms with E-state index < -0.39 is 6.04 Å². The zero-order valence-electron chi connectivity index (χ0n) is 17.6.